The van der Waals surface area contributed by atoms with Gasteiger partial charge in [0, 0.05) is 16.9 Å². The molecule has 3 aromatic rings. The molecular weight excluding hydrogens is 468 g/mol. The monoisotopic (exact) mass is 502 g/mol. The molecule has 3 aromatic carbocycles. The highest BCUT2D eigenvalue weighted by atomic mass is 16.5. The Bertz CT molecular complexity index is 1310. The molecule has 1 atom stereocenters. The number of urea groups is 1. The molecule has 1 heterocycles. The van der Waals surface area contributed by atoms with Crippen LogP contribution in [0.3, 0.4) is 0 Å². The molecule has 0 spiro atoms. The number of amides is 2. The number of carboxylic acid groups (broad SMARTS) is 1. The van der Waals surface area contributed by atoms with Gasteiger partial charge in [-0.05, 0) is 106 Å². The molecule has 1 aliphatic rings. The van der Waals surface area contributed by atoms with E-state index < -0.39 is 23.7 Å². The number of carbonyl (C=O) groups is 2. The molecule has 7 nitrogen and oxygen atoms in total. The third-order valence-electron chi connectivity index (χ3n) is 6.27. The first kappa shape index (κ1) is 26.2. The van der Waals surface area contributed by atoms with Gasteiger partial charge in [-0.25, -0.2) is 9.59 Å². The number of carbonyl (C=O) groups excluding carboxylic acids is 1. The van der Waals surface area contributed by atoms with Crippen molar-refractivity contribution in [3.63, 3.8) is 0 Å². The van der Waals surface area contributed by atoms with Gasteiger partial charge in [-0.1, -0.05) is 24.3 Å². The van der Waals surface area contributed by atoms with Crippen LogP contribution in [0.4, 0.5) is 16.2 Å². The van der Waals surface area contributed by atoms with Crippen LogP contribution in [0.1, 0.15) is 55.5 Å². The molecule has 2 amide bonds. The number of hydrogen-bond donors (Lipinski definition) is 3. The number of para-hydroxylation sites is 1. The van der Waals surface area contributed by atoms with E-state index in [1.807, 2.05) is 71.0 Å². The van der Waals surface area contributed by atoms with E-state index in [4.69, 9.17) is 9.47 Å². The van der Waals surface area contributed by atoms with E-state index in [9.17, 15) is 14.7 Å². The molecule has 1 aliphatic heterocycles. The number of anilines is 2. The number of nitrogens with one attached hydrogen (secondary N) is 2. The second-order valence-electron chi connectivity index (χ2n) is 10.3. The van der Waals surface area contributed by atoms with Gasteiger partial charge in [0.15, 0.2) is 6.10 Å². The van der Waals surface area contributed by atoms with Crippen molar-refractivity contribution in [3.05, 3.63) is 76.9 Å². The van der Waals surface area contributed by atoms with Gasteiger partial charge in [0.25, 0.3) is 0 Å². The van der Waals surface area contributed by atoms with E-state index in [-0.39, 0.29) is 0 Å². The Morgan fingerprint density at radius 3 is 2.43 bits per heavy atom. The predicted molar refractivity (Wildman–Crippen MR) is 145 cm³/mol. The zero-order valence-corrected chi connectivity index (χ0v) is 22.0. The third-order valence-corrected chi connectivity index (χ3v) is 6.27. The van der Waals surface area contributed by atoms with E-state index in [0.29, 0.717) is 29.1 Å². The highest BCUT2D eigenvalue weighted by Crippen LogP contribution is 2.42. The summed E-state index contributed by atoms with van der Waals surface area (Å²) in [5.74, 6) is -0.228. The molecule has 0 aliphatic carbocycles. The Balaban J connectivity index is 1.83. The summed E-state index contributed by atoms with van der Waals surface area (Å²) >= 11 is 0. The maximum absolute atomic E-state index is 12.8. The summed E-state index contributed by atoms with van der Waals surface area (Å²) in [5.41, 5.74) is 5.23. The van der Waals surface area contributed by atoms with E-state index in [1.165, 1.54) is 0 Å². The van der Waals surface area contributed by atoms with Gasteiger partial charge in [-0.3, -0.25) is 0 Å². The van der Waals surface area contributed by atoms with Crippen molar-refractivity contribution in [2.75, 3.05) is 17.2 Å². The molecule has 1 unspecified atom stereocenters. The first-order chi connectivity index (χ1) is 17.5. The van der Waals surface area contributed by atoms with Crippen molar-refractivity contribution >= 4 is 23.4 Å². The summed E-state index contributed by atoms with van der Waals surface area (Å²) in [7, 11) is 0. The molecule has 3 N–H and O–H groups in total. The Morgan fingerprint density at radius 2 is 1.76 bits per heavy atom. The Hall–Kier alpha value is -3.84. The average Bonchev–Trinajstić information content (AvgIpc) is 2.84. The molecule has 0 saturated carbocycles. The number of benzene rings is 3. The molecule has 0 radical (unpaired) electrons. The molecule has 0 aromatic heterocycles. The molecule has 0 saturated heterocycles. The predicted octanol–water partition coefficient (Wildman–Crippen LogP) is 6.88. The summed E-state index contributed by atoms with van der Waals surface area (Å²) < 4.78 is 11.9. The second-order valence-corrected chi connectivity index (χ2v) is 10.3. The molecule has 0 bridgehead atoms. The average molecular weight is 503 g/mol. The molecule has 194 valence electrons. The highest BCUT2D eigenvalue weighted by molar-refractivity contribution is 6.01. The van der Waals surface area contributed by atoms with Gasteiger partial charge in [-0.2, -0.15) is 0 Å². The quantitative estimate of drug-likeness (QED) is 0.341. The maximum Gasteiger partial charge on any atom is 0.337 e. The third kappa shape index (κ3) is 6.12. The van der Waals surface area contributed by atoms with Crippen molar-refractivity contribution in [1.82, 2.24) is 0 Å². The lowest BCUT2D eigenvalue weighted by Crippen LogP contribution is -2.29. The standard InChI is InChI=1S/C30H34N2O5/c1-18-16-23(32-29(35)31-22-11-7-6-8-12-22)19(2)26(27(28(33)34)37-30(3,4)5)25(18)21-13-14-24-20(17-21)10-9-15-36-24/h6-8,11-14,16-17,27H,9-10,15H2,1-5H3,(H,33,34)(H2,31,32,35). The normalized spacial score (nSPS) is 13.8. The Kier molecular flexibility index (Phi) is 7.55. The first-order valence-corrected chi connectivity index (χ1v) is 12.5. The van der Waals surface area contributed by atoms with Gasteiger partial charge >= 0.3 is 12.0 Å². The van der Waals surface area contributed by atoms with Crippen molar-refractivity contribution in [2.24, 2.45) is 0 Å². The zero-order chi connectivity index (χ0) is 26.7. The summed E-state index contributed by atoms with van der Waals surface area (Å²) in [6.07, 6.45) is 0.599. The Labute approximate surface area is 217 Å². The number of aryl methyl sites for hydroxylation is 2. The smallest absolute Gasteiger partial charge is 0.337 e. The summed E-state index contributed by atoms with van der Waals surface area (Å²) in [6, 6.07) is 16.6. The number of hydrogen-bond acceptors (Lipinski definition) is 4. The topological polar surface area (TPSA) is 96.9 Å². The number of aliphatic carboxylic acids is 1. The van der Waals surface area contributed by atoms with Gasteiger partial charge in [-0.15, -0.1) is 0 Å². The lowest BCUT2D eigenvalue weighted by Gasteiger charge is -2.30. The van der Waals surface area contributed by atoms with E-state index in [2.05, 4.69) is 16.7 Å². The van der Waals surface area contributed by atoms with Gasteiger partial charge in [0.1, 0.15) is 5.75 Å². The van der Waals surface area contributed by atoms with Crippen molar-refractivity contribution in [1.29, 1.82) is 0 Å². The molecule has 7 heteroatoms. The van der Waals surface area contributed by atoms with Crippen LogP contribution in [-0.2, 0) is 16.0 Å². The number of fused-ring (bicyclic) bond motifs is 1. The van der Waals surface area contributed by atoms with Crippen LogP contribution in [0.5, 0.6) is 5.75 Å². The largest absolute Gasteiger partial charge is 0.493 e. The zero-order valence-electron chi connectivity index (χ0n) is 22.0. The highest BCUT2D eigenvalue weighted by Gasteiger charge is 2.32. The summed E-state index contributed by atoms with van der Waals surface area (Å²) in [4.78, 5) is 25.4. The van der Waals surface area contributed by atoms with Crippen LogP contribution in [0.25, 0.3) is 11.1 Å². The fourth-order valence-electron chi connectivity index (χ4n) is 4.69. The summed E-state index contributed by atoms with van der Waals surface area (Å²) in [6.45, 7) is 9.93. The van der Waals surface area contributed by atoms with Crippen LogP contribution in [0.2, 0.25) is 0 Å². The van der Waals surface area contributed by atoms with E-state index in [0.717, 1.165) is 40.8 Å². The first-order valence-electron chi connectivity index (χ1n) is 12.5. The minimum atomic E-state index is -1.24. The van der Waals surface area contributed by atoms with Gasteiger partial charge < -0.3 is 25.2 Å². The fourth-order valence-corrected chi connectivity index (χ4v) is 4.69. The van der Waals surface area contributed by atoms with E-state index >= 15 is 0 Å². The lowest BCUT2D eigenvalue weighted by molar-refractivity contribution is -0.160. The maximum atomic E-state index is 12.8. The SMILES string of the molecule is Cc1cc(NC(=O)Nc2ccccc2)c(C)c(C(OC(C)(C)C)C(=O)O)c1-c1ccc2c(c1)CCCO2. The number of carboxylic acids is 1. The van der Waals surface area contributed by atoms with Crippen LogP contribution >= 0.6 is 0 Å². The van der Waals surface area contributed by atoms with Crippen LogP contribution in [0.15, 0.2) is 54.6 Å². The van der Waals surface area contributed by atoms with Crippen LogP contribution in [-0.4, -0.2) is 29.3 Å². The Morgan fingerprint density at radius 1 is 1.03 bits per heavy atom. The number of rotatable bonds is 6. The lowest BCUT2D eigenvalue weighted by atomic mass is 9.86. The van der Waals surface area contributed by atoms with Gasteiger partial charge in [0.2, 0.25) is 0 Å². The van der Waals surface area contributed by atoms with Crippen LogP contribution < -0.4 is 15.4 Å². The summed E-state index contributed by atoms with van der Waals surface area (Å²) in [5, 5.41) is 16.0. The molecule has 4 rings (SSSR count). The van der Waals surface area contributed by atoms with E-state index in [1.54, 1.807) is 12.1 Å². The van der Waals surface area contributed by atoms with Crippen molar-refractivity contribution in [2.45, 2.75) is 59.2 Å². The van der Waals surface area contributed by atoms with Crippen molar-refractivity contribution < 1.29 is 24.2 Å². The molecule has 37 heavy (non-hydrogen) atoms. The minimum Gasteiger partial charge on any atom is -0.493 e. The number of ether oxygens (including phenoxy) is 2. The molecular formula is C30H34N2O5. The van der Waals surface area contributed by atoms with Crippen LogP contribution in [0, 0.1) is 13.8 Å². The second kappa shape index (κ2) is 10.6. The van der Waals surface area contributed by atoms with Crippen molar-refractivity contribution in [3.8, 4) is 16.9 Å². The van der Waals surface area contributed by atoms with Gasteiger partial charge in [0.05, 0.1) is 12.2 Å². The minimum absolute atomic E-state index is 0.415. The fraction of sp³-hybridized carbons (Fsp3) is 0.333. The molecule has 0 fully saturated rings.